The maximum absolute atomic E-state index is 5.79. The molecule has 2 atom stereocenters. The van der Waals surface area contributed by atoms with Gasteiger partial charge in [-0.25, -0.2) is 0 Å². The average molecular weight is 530 g/mol. The minimum absolute atomic E-state index is 0. The van der Waals surface area contributed by atoms with Crippen LogP contribution in [-0.2, 0) is 9.47 Å². The number of hydrogen-bond donors (Lipinski definition) is 1. The topological polar surface area (TPSA) is 49.3 Å². The number of piperazine rings is 1. The molecule has 0 spiro atoms. The van der Waals surface area contributed by atoms with Gasteiger partial charge in [0.05, 0.1) is 13.2 Å². The van der Waals surface area contributed by atoms with Gasteiger partial charge in [-0.2, -0.15) is 0 Å². The molecule has 2 heterocycles. The fourth-order valence-electron chi connectivity index (χ4n) is 4.30. The normalized spacial score (nSPS) is 21.3. The van der Waals surface area contributed by atoms with Gasteiger partial charge in [0.1, 0.15) is 0 Å². The smallest absolute Gasteiger partial charge is 0.193 e. The summed E-state index contributed by atoms with van der Waals surface area (Å²) in [5.74, 6) is 1.61. The van der Waals surface area contributed by atoms with Crippen LogP contribution >= 0.6 is 24.0 Å². The van der Waals surface area contributed by atoms with Gasteiger partial charge in [0.2, 0.25) is 0 Å². The van der Waals surface area contributed by atoms with E-state index in [1.54, 1.807) is 0 Å². The Morgan fingerprint density at radius 1 is 1.23 bits per heavy atom. The molecule has 6 nitrogen and oxygen atoms in total. The van der Waals surface area contributed by atoms with Crippen LogP contribution in [0.3, 0.4) is 0 Å². The largest absolute Gasteiger partial charge is 0.381 e. The first-order chi connectivity index (χ1) is 14.3. The Kier molecular flexibility index (Phi) is 12.0. The Hall–Kier alpha value is -0.900. The van der Waals surface area contributed by atoms with Gasteiger partial charge in [-0.3, -0.25) is 9.89 Å². The summed E-state index contributed by atoms with van der Waals surface area (Å²) in [4.78, 5) is 9.49. The maximum Gasteiger partial charge on any atom is 0.193 e. The van der Waals surface area contributed by atoms with E-state index in [1.807, 2.05) is 7.05 Å². The van der Waals surface area contributed by atoms with Crippen LogP contribution in [-0.4, -0.2) is 82.0 Å². The van der Waals surface area contributed by atoms with E-state index in [2.05, 4.69) is 57.4 Å². The van der Waals surface area contributed by atoms with Crippen molar-refractivity contribution in [3.05, 3.63) is 35.9 Å². The molecule has 2 fully saturated rings. The molecule has 170 valence electrons. The number of benzene rings is 1. The molecule has 2 aliphatic rings. The molecular weight excluding hydrogens is 491 g/mol. The summed E-state index contributed by atoms with van der Waals surface area (Å²) in [5, 5.41) is 3.51. The lowest BCUT2D eigenvalue weighted by atomic mass is 10.0. The standard InChI is InChI=1S/C23H38N4O2.HI/c1-3-22(21-8-5-4-6-9-21)26-12-14-27(15-13-26)23(24-2)25-11-7-16-28-18-20-10-17-29-19-20;/h4-6,8-9,20,22H,3,7,10-19H2,1-2H3,(H,24,25);1H. The summed E-state index contributed by atoms with van der Waals surface area (Å²) in [6.45, 7) is 10.7. The van der Waals surface area contributed by atoms with Gasteiger partial charge in [0, 0.05) is 64.9 Å². The number of ether oxygens (including phenoxy) is 2. The van der Waals surface area contributed by atoms with Gasteiger partial charge in [0.25, 0.3) is 0 Å². The number of hydrogen-bond acceptors (Lipinski definition) is 4. The Morgan fingerprint density at radius 2 is 2.00 bits per heavy atom. The maximum atomic E-state index is 5.79. The van der Waals surface area contributed by atoms with E-state index < -0.39 is 0 Å². The van der Waals surface area contributed by atoms with Crippen molar-refractivity contribution in [1.82, 2.24) is 15.1 Å². The highest BCUT2D eigenvalue weighted by Crippen LogP contribution is 2.25. The molecular formula is C23H39IN4O2. The van der Waals surface area contributed by atoms with Crippen molar-refractivity contribution in [2.75, 3.05) is 66.2 Å². The predicted octanol–water partition coefficient (Wildman–Crippen LogP) is 3.39. The van der Waals surface area contributed by atoms with Gasteiger partial charge < -0.3 is 19.7 Å². The predicted molar refractivity (Wildman–Crippen MR) is 134 cm³/mol. The lowest BCUT2D eigenvalue weighted by Crippen LogP contribution is -2.53. The summed E-state index contributed by atoms with van der Waals surface area (Å²) in [6.07, 6.45) is 3.28. The highest BCUT2D eigenvalue weighted by atomic mass is 127. The summed E-state index contributed by atoms with van der Waals surface area (Å²) in [7, 11) is 1.88. The Labute approximate surface area is 199 Å². The van der Waals surface area contributed by atoms with Crippen molar-refractivity contribution in [1.29, 1.82) is 0 Å². The summed E-state index contributed by atoms with van der Waals surface area (Å²) < 4.78 is 11.2. The monoisotopic (exact) mass is 530 g/mol. The van der Waals surface area contributed by atoms with Gasteiger partial charge in [-0.05, 0) is 24.8 Å². The van der Waals surface area contributed by atoms with Crippen molar-refractivity contribution < 1.29 is 9.47 Å². The molecule has 1 aromatic rings. The van der Waals surface area contributed by atoms with E-state index in [1.165, 1.54) is 5.56 Å². The number of rotatable bonds is 9. The molecule has 1 aromatic carbocycles. The molecule has 0 bridgehead atoms. The Morgan fingerprint density at radius 3 is 2.63 bits per heavy atom. The highest BCUT2D eigenvalue weighted by molar-refractivity contribution is 14.0. The van der Waals surface area contributed by atoms with Crippen LogP contribution in [0.2, 0.25) is 0 Å². The number of halogens is 1. The van der Waals surface area contributed by atoms with Gasteiger partial charge in [0.15, 0.2) is 5.96 Å². The van der Waals surface area contributed by atoms with Crippen LogP contribution in [0, 0.1) is 5.92 Å². The zero-order valence-electron chi connectivity index (χ0n) is 18.6. The number of nitrogens with one attached hydrogen (secondary N) is 1. The summed E-state index contributed by atoms with van der Waals surface area (Å²) >= 11 is 0. The second kappa shape index (κ2) is 14.2. The third kappa shape index (κ3) is 7.66. The van der Waals surface area contributed by atoms with E-state index in [-0.39, 0.29) is 24.0 Å². The van der Waals surface area contributed by atoms with E-state index in [4.69, 9.17) is 9.47 Å². The van der Waals surface area contributed by atoms with Gasteiger partial charge >= 0.3 is 0 Å². The molecule has 1 N–H and O–H groups in total. The molecule has 7 heteroatoms. The second-order valence-electron chi connectivity index (χ2n) is 7.99. The van der Waals surface area contributed by atoms with Crippen LogP contribution in [0.15, 0.2) is 35.3 Å². The Balaban J connectivity index is 0.00000320. The van der Waals surface area contributed by atoms with Gasteiger partial charge in [-0.1, -0.05) is 37.3 Å². The number of nitrogens with zero attached hydrogens (tertiary/aromatic N) is 3. The van der Waals surface area contributed by atoms with Crippen LogP contribution in [0.4, 0.5) is 0 Å². The third-order valence-corrected chi connectivity index (χ3v) is 5.96. The van der Waals surface area contributed by atoms with E-state index >= 15 is 0 Å². The molecule has 0 radical (unpaired) electrons. The number of guanidine groups is 1. The first-order valence-corrected chi connectivity index (χ1v) is 11.2. The van der Waals surface area contributed by atoms with Crippen molar-refractivity contribution >= 4 is 29.9 Å². The summed E-state index contributed by atoms with van der Waals surface area (Å²) in [6, 6.07) is 11.4. The molecule has 30 heavy (non-hydrogen) atoms. The molecule has 0 aliphatic carbocycles. The SMILES string of the molecule is CCC(c1ccccc1)N1CCN(C(=NC)NCCCOCC2CCOC2)CC1.I. The van der Waals surface area contributed by atoms with Crippen molar-refractivity contribution in [3.8, 4) is 0 Å². The lowest BCUT2D eigenvalue weighted by molar-refractivity contribution is 0.0885. The molecule has 0 aromatic heterocycles. The van der Waals surface area contributed by atoms with Crippen molar-refractivity contribution in [2.24, 2.45) is 10.9 Å². The average Bonchev–Trinajstić information content (AvgIpc) is 3.29. The van der Waals surface area contributed by atoms with Crippen LogP contribution in [0.25, 0.3) is 0 Å². The highest BCUT2D eigenvalue weighted by Gasteiger charge is 2.25. The molecule has 3 rings (SSSR count). The molecule has 0 amide bonds. The van der Waals surface area contributed by atoms with Crippen LogP contribution in [0.5, 0.6) is 0 Å². The minimum atomic E-state index is 0. The van der Waals surface area contributed by atoms with Crippen LogP contribution < -0.4 is 5.32 Å². The van der Waals surface area contributed by atoms with Gasteiger partial charge in [-0.15, -0.1) is 24.0 Å². The Bertz CT molecular complexity index is 602. The fourth-order valence-corrected chi connectivity index (χ4v) is 4.30. The van der Waals surface area contributed by atoms with E-state index in [0.29, 0.717) is 12.0 Å². The molecule has 2 aliphatic heterocycles. The van der Waals surface area contributed by atoms with E-state index in [9.17, 15) is 0 Å². The first kappa shape index (κ1) is 25.4. The number of aliphatic imine (C=N–C) groups is 1. The fraction of sp³-hybridized carbons (Fsp3) is 0.696. The summed E-state index contributed by atoms with van der Waals surface area (Å²) in [5.41, 5.74) is 1.43. The quantitative estimate of drug-likeness (QED) is 0.230. The molecule has 2 saturated heterocycles. The minimum Gasteiger partial charge on any atom is -0.381 e. The van der Waals surface area contributed by atoms with Crippen molar-refractivity contribution in [3.63, 3.8) is 0 Å². The second-order valence-corrected chi connectivity index (χ2v) is 7.99. The zero-order valence-corrected chi connectivity index (χ0v) is 20.9. The zero-order chi connectivity index (χ0) is 20.3. The first-order valence-electron chi connectivity index (χ1n) is 11.2. The van der Waals surface area contributed by atoms with Crippen molar-refractivity contribution in [2.45, 2.75) is 32.2 Å². The lowest BCUT2D eigenvalue weighted by Gasteiger charge is -2.40. The third-order valence-electron chi connectivity index (χ3n) is 5.96. The van der Waals surface area contributed by atoms with E-state index in [0.717, 1.165) is 84.4 Å². The van der Waals surface area contributed by atoms with Crippen LogP contribution in [0.1, 0.15) is 37.8 Å². The molecule has 2 unspecified atom stereocenters. The molecule has 0 saturated carbocycles.